The highest BCUT2D eigenvalue weighted by Crippen LogP contribution is 2.12. The van der Waals surface area contributed by atoms with Crippen LogP contribution in [-0.4, -0.2) is 71.8 Å². The van der Waals surface area contributed by atoms with Gasteiger partial charge in [-0.15, -0.1) is 0 Å². The Hall–Kier alpha value is -2.19. The molecule has 1 aromatic heterocycles. The summed E-state index contributed by atoms with van der Waals surface area (Å²) in [5, 5.41) is 15.8. The molecule has 8 nitrogen and oxygen atoms in total. The molecule has 0 aliphatic carbocycles. The van der Waals surface area contributed by atoms with E-state index in [1.807, 2.05) is 6.07 Å². The predicted molar refractivity (Wildman–Crippen MR) is 88.4 cm³/mol. The Labute approximate surface area is 141 Å². The Morgan fingerprint density at radius 3 is 3.04 bits per heavy atom. The van der Waals surface area contributed by atoms with Crippen molar-refractivity contribution in [1.29, 1.82) is 0 Å². The molecule has 1 aromatic rings. The number of aromatic nitrogens is 1. The van der Waals surface area contributed by atoms with Gasteiger partial charge in [0.1, 0.15) is 6.61 Å². The number of carbonyl (C=O) groups is 2. The largest absolute Gasteiger partial charge is 0.391 e. The van der Waals surface area contributed by atoms with Crippen molar-refractivity contribution in [3.05, 3.63) is 24.5 Å². The summed E-state index contributed by atoms with van der Waals surface area (Å²) >= 11 is 0. The molecular formula is C16H24N4O4. The third-order valence-electron chi connectivity index (χ3n) is 3.82. The zero-order valence-electron chi connectivity index (χ0n) is 13.8. The van der Waals surface area contributed by atoms with Crippen LogP contribution in [0.5, 0.6) is 0 Å². The Bertz CT molecular complexity index is 540. The molecule has 2 rings (SSSR count). The lowest BCUT2D eigenvalue weighted by Gasteiger charge is -2.36. The quantitative estimate of drug-likeness (QED) is 0.626. The zero-order chi connectivity index (χ0) is 17.4. The first-order valence-electron chi connectivity index (χ1n) is 8.07. The van der Waals surface area contributed by atoms with Crippen molar-refractivity contribution >= 4 is 17.5 Å². The predicted octanol–water partition coefficient (Wildman–Crippen LogP) is -0.392. The number of nitrogens with zero attached hydrogens (tertiary/aromatic N) is 2. The van der Waals surface area contributed by atoms with Crippen LogP contribution in [0.25, 0.3) is 0 Å². The molecular weight excluding hydrogens is 312 g/mol. The van der Waals surface area contributed by atoms with Crippen LogP contribution in [0.2, 0.25) is 0 Å². The lowest BCUT2D eigenvalue weighted by atomic mass is 10.0. The molecule has 24 heavy (non-hydrogen) atoms. The highest BCUT2D eigenvalue weighted by Gasteiger charge is 2.31. The van der Waals surface area contributed by atoms with Crippen LogP contribution in [0.3, 0.4) is 0 Å². The topological polar surface area (TPSA) is 104 Å². The number of likely N-dealkylation sites (tertiary alicyclic amines) is 1. The number of ether oxygens (including phenoxy) is 1. The highest BCUT2D eigenvalue weighted by atomic mass is 16.5. The second-order valence-corrected chi connectivity index (χ2v) is 5.60. The van der Waals surface area contributed by atoms with E-state index in [1.165, 1.54) is 0 Å². The molecule has 2 amide bonds. The van der Waals surface area contributed by atoms with Gasteiger partial charge in [-0.1, -0.05) is 0 Å². The lowest BCUT2D eigenvalue weighted by molar-refractivity contribution is -0.135. The molecule has 2 heterocycles. The molecule has 2 atom stereocenters. The number of rotatable bonds is 7. The molecule has 0 unspecified atom stereocenters. The number of hydrogen-bond donors (Lipinski definition) is 3. The normalized spacial score (nSPS) is 20.5. The van der Waals surface area contributed by atoms with E-state index in [-0.39, 0.29) is 31.5 Å². The van der Waals surface area contributed by atoms with E-state index in [0.29, 0.717) is 19.6 Å². The van der Waals surface area contributed by atoms with Crippen LogP contribution in [0, 0.1) is 0 Å². The van der Waals surface area contributed by atoms with Crippen LogP contribution in [0.15, 0.2) is 24.5 Å². The number of piperidine rings is 1. The first kappa shape index (κ1) is 18.2. The maximum absolute atomic E-state index is 12.3. The van der Waals surface area contributed by atoms with E-state index < -0.39 is 12.1 Å². The first-order chi connectivity index (χ1) is 11.6. The fourth-order valence-corrected chi connectivity index (χ4v) is 2.51. The third kappa shape index (κ3) is 5.47. The van der Waals surface area contributed by atoms with E-state index in [2.05, 4.69) is 15.6 Å². The van der Waals surface area contributed by atoms with Gasteiger partial charge < -0.3 is 25.4 Å². The number of anilines is 1. The molecule has 0 spiro atoms. The number of amides is 2. The van der Waals surface area contributed by atoms with Gasteiger partial charge in [0.15, 0.2) is 0 Å². The molecule has 1 saturated heterocycles. The molecule has 0 radical (unpaired) electrons. The minimum absolute atomic E-state index is 0.0454. The molecule has 132 valence electrons. The maximum atomic E-state index is 12.3. The maximum Gasteiger partial charge on any atom is 0.246 e. The third-order valence-corrected chi connectivity index (χ3v) is 3.82. The van der Waals surface area contributed by atoms with E-state index in [1.54, 1.807) is 30.3 Å². The minimum atomic E-state index is -0.661. The minimum Gasteiger partial charge on any atom is -0.391 e. The van der Waals surface area contributed by atoms with E-state index >= 15 is 0 Å². The molecule has 0 aromatic carbocycles. The SMILES string of the molecule is CCOCC(=O)N[C@@H]1CN(C(=O)CNc2cccnc2)CC[C@@H]1O. The molecule has 0 bridgehead atoms. The van der Waals surface area contributed by atoms with Crippen LogP contribution in [0.4, 0.5) is 5.69 Å². The molecule has 0 saturated carbocycles. The van der Waals surface area contributed by atoms with Gasteiger partial charge in [-0.3, -0.25) is 14.6 Å². The van der Waals surface area contributed by atoms with Crippen molar-refractivity contribution in [3.63, 3.8) is 0 Å². The van der Waals surface area contributed by atoms with Gasteiger partial charge in [0, 0.05) is 32.1 Å². The van der Waals surface area contributed by atoms with Gasteiger partial charge in [0.05, 0.1) is 24.4 Å². The Kier molecular flexibility index (Phi) is 6.95. The standard InChI is InChI=1S/C16H24N4O4/c1-2-24-11-15(22)19-13-10-20(7-5-14(13)21)16(23)9-18-12-4-3-6-17-8-12/h3-4,6,8,13-14,18,21H,2,5,7,9-11H2,1H3,(H,19,22)/t13-,14+/m1/s1. The van der Waals surface area contributed by atoms with Crippen molar-refractivity contribution in [3.8, 4) is 0 Å². The van der Waals surface area contributed by atoms with Crippen LogP contribution in [0.1, 0.15) is 13.3 Å². The summed E-state index contributed by atoms with van der Waals surface area (Å²) in [5.41, 5.74) is 0.768. The molecule has 1 fully saturated rings. The van der Waals surface area contributed by atoms with E-state index in [0.717, 1.165) is 5.69 Å². The number of hydrogen-bond acceptors (Lipinski definition) is 6. The summed E-state index contributed by atoms with van der Waals surface area (Å²) in [5.74, 6) is -0.376. The Morgan fingerprint density at radius 2 is 2.33 bits per heavy atom. The summed E-state index contributed by atoms with van der Waals surface area (Å²) in [4.78, 5) is 29.7. The average Bonchev–Trinajstić information content (AvgIpc) is 2.60. The van der Waals surface area contributed by atoms with Gasteiger partial charge in [0.25, 0.3) is 0 Å². The highest BCUT2D eigenvalue weighted by molar-refractivity contribution is 5.81. The molecule has 3 N–H and O–H groups in total. The summed E-state index contributed by atoms with van der Waals surface area (Å²) in [7, 11) is 0. The number of nitrogens with one attached hydrogen (secondary N) is 2. The van der Waals surface area contributed by atoms with Crippen molar-refractivity contribution in [1.82, 2.24) is 15.2 Å². The van der Waals surface area contributed by atoms with Crippen LogP contribution >= 0.6 is 0 Å². The van der Waals surface area contributed by atoms with Gasteiger partial charge in [-0.25, -0.2) is 0 Å². The lowest BCUT2D eigenvalue weighted by Crippen LogP contribution is -2.57. The van der Waals surface area contributed by atoms with Crippen LogP contribution < -0.4 is 10.6 Å². The molecule has 1 aliphatic heterocycles. The fourth-order valence-electron chi connectivity index (χ4n) is 2.51. The summed E-state index contributed by atoms with van der Waals surface area (Å²) < 4.78 is 5.04. The second kappa shape index (κ2) is 9.19. The first-order valence-corrected chi connectivity index (χ1v) is 8.07. The summed E-state index contributed by atoms with van der Waals surface area (Å²) in [6.45, 7) is 3.10. The number of aliphatic hydroxyl groups is 1. The van der Waals surface area contributed by atoms with E-state index in [4.69, 9.17) is 4.74 Å². The summed E-state index contributed by atoms with van der Waals surface area (Å²) in [6, 6.07) is 3.14. The Morgan fingerprint density at radius 1 is 1.50 bits per heavy atom. The fraction of sp³-hybridized carbons (Fsp3) is 0.562. The van der Waals surface area contributed by atoms with Gasteiger partial charge >= 0.3 is 0 Å². The zero-order valence-corrected chi connectivity index (χ0v) is 13.8. The molecule has 8 heteroatoms. The van der Waals surface area contributed by atoms with E-state index in [9.17, 15) is 14.7 Å². The number of aliphatic hydroxyl groups excluding tert-OH is 1. The van der Waals surface area contributed by atoms with Crippen molar-refractivity contribution in [2.45, 2.75) is 25.5 Å². The summed E-state index contributed by atoms with van der Waals surface area (Å²) in [6.07, 6.45) is 3.07. The number of pyridine rings is 1. The smallest absolute Gasteiger partial charge is 0.246 e. The van der Waals surface area contributed by atoms with Crippen molar-refractivity contribution in [2.75, 3.05) is 38.2 Å². The van der Waals surface area contributed by atoms with Crippen molar-refractivity contribution < 1.29 is 19.4 Å². The van der Waals surface area contributed by atoms with Gasteiger partial charge in [-0.2, -0.15) is 0 Å². The van der Waals surface area contributed by atoms with Crippen molar-refractivity contribution in [2.24, 2.45) is 0 Å². The Balaban J connectivity index is 1.82. The van der Waals surface area contributed by atoms with Gasteiger partial charge in [0.2, 0.25) is 11.8 Å². The monoisotopic (exact) mass is 336 g/mol. The average molecular weight is 336 g/mol. The number of carbonyl (C=O) groups excluding carboxylic acids is 2. The second-order valence-electron chi connectivity index (χ2n) is 5.60. The van der Waals surface area contributed by atoms with Crippen LogP contribution in [-0.2, 0) is 14.3 Å². The molecule has 1 aliphatic rings. The van der Waals surface area contributed by atoms with Gasteiger partial charge in [-0.05, 0) is 25.5 Å².